The zero-order valence-electron chi connectivity index (χ0n) is 13.9. The molecule has 0 saturated heterocycles. The summed E-state index contributed by atoms with van der Waals surface area (Å²) in [6.07, 6.45) is 1.17. The summed E-state index contributed by atoms with van der Waals surface area (Å²) in [5, 5.41) is 8.99. The van der Waals surface area contributed by atoms with Crippen molar-refractivity contribution in [3.63, 3.8) is 0 Å². The van der Waals surface area contributed by atoms with E-state index in [0.717, 1.165) is 25.6 Å². The molecule has 0 amide bonds. The summed E-state index contributed by atoms with van der Waals surface area (Å²) < 4.78 is 0. The third-order valence-corrected chi connectivity index (χ3v) is 5.48. The fraction of sp³-hybridized carbons (Fsp3) is 0.421. The topological polar surface area (TPSA) is 36.4 Å². The minimum atomic E-state index is 0.467. The third kappa shape index (κ3) is 3.94. The van der Waals surface area contributed by atoms with Gasteiger partial charge in [-0.3, -0.25) is 4.99 Å². The van der Waals surface area contributed by atoms with Gasteiger partial charge in [0.15, 0.2) is 5.96 Å². The summed E-state index contributed by atoms with van der Waals surface area (Å²) in [5.74, 6) is 2.01. The van der Waals surface area contributed by atoms with E-state index in [4.69, 9.17) is 4.99 Å². The molecule has 2 N–H and O–H groups in total. The van der Waals surface area contributed by atoms with Crippen molar-refractivity contribution in [2.75, 3.05) is 19.6 Å². The summed E-state index contributed by atoms with van der Waals surface area (Å²) in [7, 11) is 0. The zero-order chi connectivity index (χ0) is 16.1. The number of guanidine groups is 1. The van der Waals surface area contributed by atoms with Crippen LogP contribution in [0.25, 0.3) is 0 Å². The Morgan fingerprint density at radius 2 is 2.13 bits per heavy atom. The van der Waals surface area contributed by atoms with Crippen LogP contribution in [-0.4, -0.2) is 25.6 Å². The number of hydrogen-bond acceptors (Lipinski definition) is 2. The van der Waals surface area contributed by atoms with Gasteiger partial charge in [-0.2, -0.15) is 0 Å². The average Bonchev–Trinajstić information content (AvgIpc) is 3.07. The highest BCUT2D eigenvalue weighted by Crippen LogP contribution is 2.33. The maximum absolute atomic E-state index is 4.76. The van der Waals surface area contributed by atoms with Crippen LogP contribution in [0.5, 0.6) is 0 Å². The van der Waals surface area contributed by atoms with E-state index in [1.165, 1.54) is 22.4 Å². The van der Waals surface area contributed by atoms with E-state index >= 15 is 0 Å². The van der Waals surface area contributed by atoms with Crippen LogP contribution in [0.4, 0.5) is 0 Å². The molecule has 0 radical (unpaired) electrons. The highest BCUT2D eigenvalue weighted by atomic mass is 32.1. The Hall–Kier alpha value is -1.81. The van der Waals surface area contributed by atoms with Crippen LogP contribution >= 0.6 is 11.3 Å². The molecule has 2 aromatic rings. The molecule has 1 aromatic carbocycles. The molecule has 2 atom stereocenters. The summed E-state index contributed by atoms with van der Waals surface area (Å²) in [4.78, 5) is 6.16. The molecule has 0 spiro atoms. The van der Waals surface area contributed by atoms with Gasteiger partial charge in [-0.15, -0.1) is 11.3 Å². The van der Waals surface area contributed by atoms with Crippen molar-refractivity contribution in [2.45, 2.75) is 32.1 Å². The van der Waals surface area contributed by atoms with Gasteiger partial charge in [-0.05, 0) is 35.9 Å². The second kappa shape index (κ2) is 7.64. The number of rotatable bonds is 6. The molecule has 23 heavy (non-hydrogen) atoms. The molecule has 3 nitrogen and oxygen atoms in total. The fourth-order valence-corrected chi connectivity index (χ4v) is 3.77. The van der Waals surface area contributed by atoms with E-state index in [1.807, 2.05) is 11.3 Å². The molecule has 3 rings (SSSR count). The van der Waals surface area contributed by atoms with E-state index < -0.39 is 0 Å². The van der Waals surface area contributed by atoms with Crippen molar-refractivity contribution in [1.82, 2.24) is 10.6 Å². The molecular formula is C19H25N3S. The van der Waals surface area contributed by atoms with Gasteiger partial charge < -0.3 is 10.6 Å². The van der Waals surface area contributed by atoms with Crippen LogP contribution < -0.4 is 10.6 Å². The summed E-state index contributed by atoms with van der Waals surface area (Å²) in [6, 6.07) is 13.0. The predicted octanol–water partition coefficient (Wildman–Crippen LogP) is 3.75. The van der Waals surface area contributed by atoms with E-state index in [9.17, 15) is 0 Å². The molecule has 1 heterocycles. The lowest BCUT2D eigenvalue weighted by atomic mass is 9.78. The van der Waals surface area contributed by atoms with Gasteiger partial charge in [0.1, 0.15) is 0 Å². The average molecular weight is 327 g/mol. The van der Waals surface area contributed by atoms with Crippen LogP contribution in [0, 0.1) is 0 Å². The quantitative estimate of drug-likeness (QED) is 0.626. The van der Waals surface area contributed by atoms with Crippen LogP contribution in [0.15, 0.2) is 46.8 Å². The number of fused-ring (bicyclic) bond motifs is 1. The van der Waals surface area contributed by atoms with Gasteiger partial charge in [-0.1, -0.05) is 37.3 Å². The summed E-state index contributed by atoms with van der Waals surface area (Å²) in [6.45, 7) is 7.01. The van der Waals surface area contributed by atoms with Crippen molar-refractivity contribution in [2.24, 2.45) is 4.99 Å². The van der Waals surface area contributed by atoms with Gasteiger partial charge in [0, 0.05) is 29.8 Å². The lowest BCUT2D eigenvalue weighted by Crippen LogP contribution is -2.41. The van der Waals surface area contributed by atoms with Crippen LogP contribution in [0.2, 0.25) is 0 Å². The molecule has 1 aliphatic carbocycles. The normalized spacial score (nSPS) is 18.0. The van der Waals surface area contributed by atoms with Gasteiger partial charge >= 0.3 is 0 Å². The second-order valence-corrected chi connectivity index (χ2v) is 7.10. The van der Waals surface area contributed by atoms with E-state index in [2.05, 4.69) is 66.3 Å². The zero-order valence-corrected chi connectivity index (χ0v) is 14.7. The van der Waals surface area contributed by atoms with Crippen LogP contribution in [0.1, 0.15) is 41.7 Å². The molecule has 0 aliphatic heterocycles. The molecular weight excluding hydrogens is 302 g/mol. The Morgan fingerprint density at radius 3 is 2.87 bits per heavy atom. The van der Waals surface area contributed by atoms with E-state index in [0.29, 0.717) is 11.8 Å². The SMILES string of the molecule is CCNC(=NCC(C)c1cccs1)NCC1Cc2ccccc21. The van der Waals surface area contributed by atoms with Crippen molar-refractivity contribution in [3.05, 3.63) is 57.8 Å². The first-order valence-corrected chi connectivity index (χ1v) is 9.29. The minimum absolute atomic E-state index is 0.467. The smallest absolute Gasteiger partial charge is 0.191 e. The first-order valence-electron chi connectivity index (χ1n) is 8.41. The number of thiophene rings is 1. The monoisotopic (exact) mass is 327 g/mol. The van der Waals surface area contributed by atoms with Crippen molar-refractivity contribution < 1.29 is 0 Å². The number of nitrogens with one attached hydrogen (secondary N) is 2. The Labute approximate surface area is 142 Å². The maximum atomic E-state index is 4.76. The third-order valence-electron chi connectivity index (χ3n) is 4.37. The van der Waals surface area contributed by atoms with Crippen LogP contribution in [-0.2, 0) is 6.42 Å². The molecule has 0 saturated carbocycles. The molecule has 1 aromatic heterocycles. The summed E-state index contributed by atoms with van der Waals surface area (Å²) in [5.41, 5.74) is 2.98. The number of hydrogen-bond donors (Lipinski definition) is 2. The predicted molar refractivity (Wildman–Crippen MR) is 99.6 cm³/mol. The number of benzene rings is 1. The first-order chi connectivity index (χ1) is 11.3. The highest BCUT2D eigenvalue weighted by Gasteiger charge is 2.25. The lowest BCUT2D eigenvalue weighted by molar-refractivity contribution is 0.583. The molecule has 0 bridgehead atoms. The molecule has 2 unspecified atom stereocenters. The lowest BCUT2D eigenvalue weighted by Gasteiger charge is -2.30. The maximum Gasteiger partial charge on any atom is 0.191 e. The van der Waals surface area contributed by atoms with E-state index in [1.54, 1.807) is 0 Å². The standard InChI is InChI=1S/C19H25N3S/c1-3-20-19(21-12-14(2)18-9-6-10-23-18)22-13-16-11-15-7-4-5-8-17(15)16/h4-10,14,16H,3,11-13H2,1-2H3,(H2,20,21,22). The minimum Gasteiger partial charge on any atom is -0.357 e. The van der Waals surface area contributed by atoms with Gasteiger partial charge in [0.2, 0.25) is 0 Å². The van der Waals surface area contributed by atoms with Crippen molar-refractivity contribution >= 4 is 17.3 Å². The summed E-state index contributed by atoms with van der Waals surface area (Å²) >= 11 is 1.81. The largest absolute Gasteiger partial charge is 0.357 e. The van der Waals surface area contributed by atoms with Gasteiger partial charge in [-0.25, -0.2) is 0 Å². The molecule has 4 heteroatoms. The Morgan fingerprint density at radius 1 is 1.26 bits per heavy atom. The van der Waals surface area contributed by atoms with Crippen molar-refractivity contribution in [1.29, 1.82) is 0 Å². The van der Waals surface area contributed by atoms with E-state index in [-0.39, 0.29) is 0 Å². The Balaban J connectivity index is 1.54. The molecule has 0 fully saturated rings. The van der Waals surface area contributed by atoms with Crippen molar-refractivity contribution in [3.8, 4) is 0 Å². The second-order valence-electron chi connectivity index (χ2n) is 6.12. The van der Waals surface area contributed by atoms with Gasteiger partial charge in [0.25, 0.3) is 0 Å². The fourth-order valence-electron chi connectivity index (χ4n) is 3.00. The number of nitrogens with zero attached hydrogens (tertiary/aromatic N) is 1. The Bertz CT molecular complexity index is 648. The molecule has 122 valence electrons. The number of aliphatic imine (C=N–C) groups is 1. The van der Waals surface area contributed by atoms with Gasteiger partial charge in [0.05, 0.1) is 6.54 Å². The highest BCUT2D eigenvalue weighted by molar-refractivity contribution is 7.10. The molecule has 1 aliphatic rings. The van der Waals surface area contributed by atoms with Crippen LogP contribution in [0.3, 0.4) is 0 Å². The Kier molecular flexibility index (Phi) is 5.34. The first kappa shape index (κ1) is 16.1.